The topological polar surface area (TPSA) is 45.5 Å². The first-order chi connectivity index (χ1) is 14.8. The quantitative estimate of drug-likeness (QED) is 0.545. The van der Waals surface area contributed by atoms with Crippen LogP contribution in [0.25, 0.3) is 11.1 Å². The molecule has 0 saturated carbocycles. The van der Waals surface area contributed by atoms with Gasteiger partial charge in [-0.05, 0) is 49.9 Å². The number of carbonyl (C=O) groups is 1. The number of rotatable bonds is 4. The zero-order chi connectivity index (χ0) is 22.1. The molecule has 1 saturated heterocycles. The van der Waals surface area contributed by atoms with Gasteiger partial charge in [0.05, 0.1) is 12.6 Å². The molecule has 0 aliphatic carbocycles. The molecule has 1 N–H and O–H groups in total. The molecule has 4 rings (SSSR count). The molecule has 1 aliphatic heterocycles. The summed E-state index contributed by atoms with van der Waals surface area (Å²) in [5.74, 6) is -0.0289. The lowest BCUT2D eigenvalue weighted by Crippen LogP contribution is -2.41. The Bertz CT molecular complexity index is 1080. The van der Waals surface area contributed by atoms with E-state index < -0.39 is 0 Å². The summed E-state index contributed by atoms with van der Waals surface area (Å²) in [6.45, 7) is 5.57. The summed E-state index contributed by atoms with van der Waals surface area (Å²) in [7, 11) is 0. The van der Waals surface area contributed by atoms with Crippen molar-refractivity contribution in [3.05, 3.63) is 81.1 Å². The predicted molar refractivity (Wildman–Crippen MR) is 126 cm³/mol. The fourth-order valence-electron chi connectivity index (χ4n) is 4.20. The standard InChI is InChI=1S/C25H26Cl2N2O2/c1-16-6-8-18(9-7-16)23-17(2)14-29(15-20-21(26)4-3-5-22(20)27)24(23)25(31)28-12-10-19(30)11-13-28/h3-9,14,19,30H,10-13,15H2,1-2H3. The minimum Gasteiger partial charge on any atom is -0.393 e. The Morgan fingerprint density at radius 2 is 1.65 bits per heavy atom. The van der Waals surface area contributed by atoms with E-state index in [1.165, 1.54) is 5.56 Å². The number of hydrogen-bond acceptors (Lipinski definition) is 2. The molecule has 1 aliphatic rings. The van der Waals surface area contributed by atoms with Crippen LogP contribution in [0.2, 0.25) is 10.0 Å². The fraction of sp³-hybridized carbons (Fsp3) is 0.320. The minimum absolute atomic E-state index is 0.0289. The van der Waals surface area contributed by atoms with Crippen molar-refractivity contribution in [2.45, 2.75) is 39.3 Å². The van der Waals surface area contributed by atoms with Gasteiger partial charge in [0.1, 0.15) is 5.69 Å². The number of aromatic nitrogens is 1. The highest BCUT2D eigenvalue weighted by Gasteiger charge is 2.28. The number of halogens is 2. The summed E-state index contributed by atoms with van der Waals surface area (Å²) in [5, 5.41) is 11.0. The molecular formula is C25H26Cl2N2O2. The van der Waals surface area contributed by atoms with Crippen molar-refractivity contribution in [2.75, 3.05) is 13.1 Å². The molecule has 2 aromatic carbocycles. The zero-order valence-corrected chi connectivity index (χ0v) is 19.2. The molecular weight excluding hydrogens is 431 g/mol. The van der Waals surface area contributed by atoms with Crippen LogP contribution in [-0.2, 0) is 6.54 Å². The number of aryl methyl sites for hydroxylation is 2. The second-order valence-electron chi connectivity index (χ2n) is 8.25. The second-order valence-corrected chi connectivity index (χ2v) is 9.07. The van der Waals surface area contributed by atoms with Gasteiger partial charge < -0.3 is 14.6 Å². The van der Waals surface area contributed by atoms with Gasteiger partial charge in [-0.25, -0.2) is 0 Å². The van der Waals surface area contributed by atoms with Gasteiger partial charge in [-0.15, -0.1) is 0 Å². The third-order valence-corrected chi connectivity index (χ3v) is 6.66. The van der Waals surface area contributed by atoms with Crippen LogP contribution in [0.3, 0.4) is 0 Å². The van der Waals surface area contributed by atoms with Gasteiger partial charge in [-0.3, -0.25) is 4.79 Å². The Labute approximate surface area is 193 Å². The van der Waals surface area contributed by atoms with E-state index in [0.717, 1.165) is 22.3 Å². The lowest BCUT2D eigenvalue weighted by atomic mass is 9.99. The first-order valence-electron chi connectivity index (χ1n) is 10.5. The highest BCUT2D eigenvalue weighted by atomic mass is 35.5. The van der Waals surface area contributed by atoms with Crippen molar-refractivity contribution < 1.29 is 9.90 Å². The van der Waals surface area contributed by atoms with Gasteiger partial charge in [0.25, 0.3) is 5.91 Å². The number of nitrogens with zero attached hydrogens (tertiary/aromatic N) is 2. The maximum absolute atomic E-state index is 13.7. The van der Waals surface area contributed by atoms with Crippen molar-refractivity contribution >= 4 is 29.1 Å². The summed E-state index contributed by atoms with van der Waals surface area (Å²) in [4.78, 5) is 15.6. The number of carbonyl (C=O) groups excluding carboxylic acids is 1. The maximum Gasteiger partial charge on any atom is 0.271 e. The van der Waals surface area contributed by atoms with E-state index in [1.54, 1.807) is 0 Å². The maximum atomic E-state index is 13.7. The fourth-order valence-corrected chi connectivity index (χ4v) is 4.72. The van der Waals surface area contributed by atoms with Gasteiger partial charge in [0, 0.05) is 40.5 Å². The van der Waals surface area contributed by atoms with Crippen molar-refractivity contribution in [2.24, 2.45) is 0 Å². The SMILES string of the molecule is Cc1ccc(-c2c(C)cn(Cc3c(Cl)cccc3Cl)c2C(=O)N2CCC(O)CC2)cc1. The molecule has 1 amide bonds. The average Bonchev–Trinajstić information content (AvgIpc) is 3.07. The van der Waals surface area contributed by atoms with E-state index in [9.17, 15) is 9.90 Å². The zero-order valence-electron chi connectivity index (χ0n) is 17.7. The predicted octanol–water partition coefficient (Wildman–Crippen LogP) is 5.72. The minimum atomic E-state index is -0.337. The summed E-state index contributed by atoms with van der Waals surface area (Å²) in [6, 6.07) is 13.7. The van der Waals surface area contributed by atoms with E-state index in [1.807, 2.05) is 47.7 Å². The number of amides is 1. The molecule has 0 spiro atoms. The second kappa shape index (κ2) is 9.07. The van der Waals surface area contributed by atoms with Gasteiger partial charge in [-0.2, -0.15) is 0 Å². The van der Waals surface area contributed by atoms with Crippen LogP contribution in [-0.4, -0.2) is 39.7 Å². The third-order valence-electron chi connectivity index (χ3n) is 5.95. The summed E-state index contributed by atoms with van der Waals surface area (Å²) < 4.78 is 1.96. The molecule has 31 heavy (non-hydrogen) atoms. The monoisotopic (exact) mass is 456 g/mol. The molecule has 3 aromatic rings. The molecule has 0 atom stereocenters. The lowest BCUT2D eigenvalue weighted by molar-refractivity contribution is 0.0538. The van der Waals surface area contributed by atoms with Crippen LogP contribution in [0, 0.1) is 13.8 Å². The number of benzene rings is 2. The Morgan fingerprint density at radius 3 is 2.26 bits per heavy atom. The molecule has 1 aromatic heterocycles. The first kappa shape index (κ1) is 21.9. The van der Waals surface area contributed by atoms with Crippen LogP contribution in [0.4, 0.5) is 0 Å². The number of aliphatic hydroxyl groups is 1. The Hall–Kier alpha value is -2.27. The molecule has 6 heteroatoms. The van der Waals surface area contributed by atoms with E-state index >= 15 is 0 Å². The Balaban J connectivity index is 1.82. The average molecular weight is 457 g/mol. The molecule has 4 nitrogen and oxygen atoms in total. The molecule has 0 bridgehead atoms. The third kappa shape index (κ3) is 4.52. The summed E-state index contributed by atoms with van der Waals surface area (Å²) in [6.07, 6.45) is 2.86. The normalized spacial score (nSPS) is 14.8. The van der Waals surface area contributed by atoms with Crippen molar-refractivity contribution in [1.82, 2.24) is 9.47 Å². The van der Waals surface area contributed by atoms with Gasteiger partial charge in [0.15, 0.2) is 0 Å². The number of piperidine rings is 1. The first-order valence-corrected chi connectivity index (χ1v) is 11.3. The smallest absolute Gasteiger partial charge is 0.271 e. The highest BCUT2D eigenvalue weighted by Crippen LogP contribution is 2.33. The van der Waals surface area contributed by atoms with E-state index in [4.69, 9.17) is 23.2 Å². The van der Waals surface area contributed by atoms with Crippen LogP contribution >= 0.6 is 23.2 Å². The van der Waals surface area contributed by atoms with Gasteiger partial charge in [-0.1, -0.05) is 59.1 Å². The van der Waals surface area contributed by atoms with Gasteiger partial charge in [0.2, 0.25) is 0 Å². The molecule has 0 radical (unpaired) electrons. The van der Waals surface area contributed by atoms with Crippen LogP contribution < -0.4 is 0 Å². The number of aliphatic hydroxyl groups excluding tert-OH is 1. The van der Waals surface area contributed by atoms with Crippen molar-refractivity contribution in [3.63, 3.8) is 0 Å². The molecule has 1 fully saturated rings. The van der Waals surface area contributed by atoms with E-state index in [-0.39, 0.29) is 12.0 Å². The van der Waals surface area contributed by atoms with Crippen LogP contribution in [0.5, 0.6) is 0 Å². The van der Waals surface area contributed by atoms with E-state index in [0.29, 0.717) is 48.2 Å². The van der Waals surface area contributed by atoms with Crippen LogP contribution in [0.1, 0.15) is 40.0 Å². The van der Waals surface area contributed by atoms with Crippen molar-refractivity contribution in [3.8, 4) is 11.1 Å². The van der Waals surface area contributed by atoms with Gasteiger partial charge >= 0.3 is 0 Å². The van der Waals surface area contributed by atoms with Crippen LogP contribution in [0.15, 0.2) is 48.7 Å². The Kier molecular flexibility index (Phi) is 6.42. The highest BCUT2D eigenvalue weighted by molar-refractivity contribution is 6.36. The molecule has 2 heterocycles. The number of hydrogen-bond donors (Lipinski definition) is 1. The largest absolute Gasteiger partial charge is 0.393 e. The van der Waals surface area contributed by atoms with Crippen molar-refractivity contribution in [1.29, 1.82) is 0 Å². The number of likely N-dealkylation sites (tertiary alicyclic amines) is 1. The van der Waals surface area contributed by atoms with E-state index in [2.05, 4.69) is 24.3 Å². The molecule has 162 valence electrons. The lowest BCUT2D eigenvalue weighted by Gasteiger charge is -2.30. The summed E-state index contributed by atoms with van der Waals surface area (Å²) in [5.41, 5.74) is 5.55. The Morgan fingerprint density at radius 1 is 1.03 bits per heavy atom. The molecule has 0 unspecified atom stereocenters. The summed E-state index contributed by atoms with van der Waals surface area (Å²) >= 11 is 12.9.